The van der Waals surface area contributed by atoms with E-state index in [1.807, 2.05) is 0 Å². The topological polar surface area (TPSA) is 85.9 Å². The van der Waals surface area contributed by atoms with Crippen LogP contribution in [0.4, 0.5) is 40.8 Å². The Balaban J connectivity index is 1.44. The van der Waals surface area contributed by atoms with Gasteiger partial charge in [0.25, 0.3) is 0 Å². The molecule has 13 heteroatoms. The number of alkyl halides is 2. The van der Waals surface area contributed by atoms with E-state index in [4.69, 9.17) is 0 Å². The van der Waals surface area contributed by atoms with E-state index in [2.05, 4.69) is 30.2 Å². The van der Waals surface area contributed by atoms with Crippen molar-refractivity contribution >= 4 is 23.3 Å². The fourth-order valence-corrected chi connectivity index (χ4v) is 3.68. The van der Waals surface area contributed by atoms with Gasteiger partial charge in [0.15, 0.2) is 17.4 Å². The molecule has 0 fully saturated rings. The van der Waals surface area contributed by atoms with E-state index < -0.39 is 18.2 Å². The van der Waals surface area contributed by atoms with Crippen LogP contribution in [0.25, 0.3) is 5.69 Å². The first-order chi connectivity index (χ1) is 16.4. The largest absolute Gasteiger partial charge is 0.432 e. The molecular formula is C21H18F4N8O. The molecule has 0 bridgehead atoms. The highest BCUT2D eigenvalue weighted by Gasteiger charge is 2.24. The summed E-state index contributed by atoms with van der Waals surface area (Å²) in [5.74, 6) is -0.881. The van der Waals surface area contributed by atoms with Gasteiger partial charge in [0.05, 0.1) is 0 Å². The molecule has 0 amide bonds. The Morgan fingerprint density at radius 3 is 2.62 bits per heavy atom. The summed E-state index contributed by atoms with van der Waals surface area (Å²) in [6.07, 6.45) is 2.11. The smallest absolute Gasteiger partial charge is 0.387 e. The summed E-state index contributed by atoms with van der Waals surface area (Å²) in [5, 5.41) is 11.5. The van der Waals surface area contributed by atoms with Crippen LogP contribution in [0.3, 0.4) is 0 Å². The zero-order valence-electron chi connectivity index (χ0n) is 17.8. The third kappa shape index (κ3) is 4.23. The Kier molecular flexibility index (Phi) is 5.51. The molecule has 1 aliphatic heterocycles. The number of aromatic nitrogens is 6. The van der Waals surface area contributed by atoms with E-state index in [0.29, 0.717) is 42.7 Å². The van der Waals surface area contributed by atoms with E-state index >= 15 is 0 Å². The summed E-state index contributed by atoms with van der Waals surface area (Å²) in [4.78, 5) is 10.2. The van der Waals surface area contributed by atoms with E-state index in [9.17, 15) is 17.6 Å². The lowest BCUT2D eigenvalue weighted by Gasteiger charge is -2.27. The minimum atomic E-state index is -3.04. The van der Waals surface area contributed by atoms with E-state index in [-0.39, 0.29) is 17.4 Å². The number of halogens is 4. The van der Waals surface area contributed by atoms with E-state index in [1.54, 1.807) is 28.6 Å². The summed E-state index contributed by atoms with van der Waals surface area (Å²) in [7, 11) is 0. The van der Waals surface area contributed by atoms with Crippen molar-refractivity contribution in [3.05, 3.63) is 60.2 Å². The van der Waals surface area contributed by atoms with Crippen LogP contribution in [0, 0.1) is 18.6 Å². The summed E-state index contributed by atoms with van der Waals surface area (Å²) in [6, 6.07) is 8.20. The van der Waals surface area contributed by atoms with Crippen molar-refractivity contribution < 1.29 is 22.3 Å². The van der Waals surface area contributed by atoms with E-state index in [1.165, 1.54) is 23.1 Å². The number of anilines is 4. The summed E-state index contributed by atoms with van der Waals surface area (Å²) >= 11 is 0. The van der Waals surface area contributed by atoms with Gasteiger partial charge in [-0.15, -0.1) is 5.10 Å². The second-order valence-electron chi connectivity index (χ2n) is 7.48. The van der Waals surface area contributed by atoms with Gasteiger partial charge in [-0.2, -0.15) is 18.9 Å². The SMILES string of the molecule is Cc1ncn(-c2ccc(Nc3nc4n(n3)CCCN4c3ccc(F)c(F)c3)cc2OC(F)F)n1. The number of fused-ring (bicyclic) bond motifs is 1. The van der Waals surface area contributed by atoms with Gasteiger partial charge < -0.3 is 15.0 Å². The van der Waals surface area contributed by atoms with Crippen molar-refractivity contribution in [1.82, 2.24) is 29.5 Å². The van der Waals surface area contributed by atoms with Crippen molar-refractivity contribution in [2.45, 2.75) is 26.5 Å². The first kappa shape index (κ1) is 21.7. The Morgan fingerprint density at radius 2 is 1.88 bits per heavy atom. The van der Waals surface area contributed by atoms with Crippen LogP contribution in [-0.2, 0) is 6.54 Å². The Bertz CT molecular complexity index is 1340. The number of hydrogen-bond donors (Lipinski definition) is 1. The van der Waals surface area contributed by atoms with Gasteiger partial charge in [-0.3, -0.25) is 0 Å². The van der Waals surface area contributed by atoms with Crippen molar-refractivity contribution in [2.24, 2.45) is 0 Å². The molecule has 0 spiro atoms. The van der Waals surface area contributed by atoms with Crippen LogP contribution in [0.2, 0.25) is 0 Å². The lowest BCUT2D eigenvalue weighted by Crippen LogP contribution is -2.28. The summed E-state index contributed by atoms with van der Waals surface area (Å²) in [5.41, 5.74) is 1.13. The molecule has 0 radical (unpaired) electrons. The van der Waals surface area contributed by atoms with Crippen molar-refractivity contribution in [1.29, 1.82) is 0 Å². The second kappa shape index (κ2) is 8.65. The number of rotatable bonds is 6. The van der Waals surface area contributed by atoms with Gasteiger partial charge in [0, 0.05) is 36.6 Å². The molecule has 0 unspecified atom stereocenters. The number of hydrogen-bond acceptors (Lipinski definition) is 7. The number of nitrogens with one attached hydrogen (secondary N) is 1. The maximum absolute atomic E-state index is 13.8. The normalized spacial score (nSPS) is 13.3. The monoisotopic (exact) mass is 474 g/mol. The fraction of sp³-hybridized carbons (Fsp3) is 0.238. The summed E-state index contributed by atoms with van der Waals surface area (Å²) < 4.78 is 60.8. The molecule has 2 aromatic heterocycles. The molecule has 0 aliphatic carbocycles. The lowest BCUT2D eigenvalue weighted by molar-refractivity contribution is -0.0498. The van der Waals surface area contributed by atoms with Crippen LogP contribution in [0.15, 0.2) is 42.7 Å². The molecule has 0 saturated heterocycles. The molecule has 0 saturated carbocycles. The number of ether oxygens (including phenoxy) is 1. The molecule has 3 heterocycles. The van der Waals surface area contributed by atoms with Gasteiger partial charge in [-0.1, -0.05) is 0 Å². The highest BCUT2D eigenvalue weighted by molar-refractivity contribution is 5.64. The zero-order chi connectivity index (χ0) is 23.8. The van der Waals surface area contributed by atoms with Crippen LogP contribution in [0.1, 0.15) is 12.2 Å². The molecule has 9 nitrogen and oxygen atoms in total. The van der Waals surface area contributed by atoms with Crippen LogP contribution < -0.4 is 15.0 Å². The van der Waals surface area contributed by atoms with Crippen LogP contribution in [0.5, 0.6) is 5.75 Å². The van der Waals surface area contributed by atoms with Crippen LogP contribution >= 0.6 is 0 Å². The molecule has 4 aromatic rings. The number of nitrogens with zero attached hydrogens (tertiary/aromatic N) is 7. The van der Waals surface area contributed by atoms with Crippen molar-refractivity contribution in [3.8, 4) is 11.4 Å². The van der Waals surface area contributed by atoms with Crippen molar-refractivity contribution in [2.75, 3.05) is 16.8 Å². The predicted octanol–water partition coefficient (Wildman–Crippen LogP) is 4.33. The maximum atomic E-state index is 13.8. The Labute approximate surface area is 190 Å². The van der Waals surface area contributed by atoms with Gasteiger partial charge in [0.2, 0.25) is 11.9 Å². The Hall–Kier alpha value is -4.16. The summed E-state index contributed by atoms with van der Waals surface area (Å²) in [6.45, 7) is -0.243. The standard InChI is InChI=1S/C21H18F4N8O/c1-12-26-11-33(29-12)17-6-3-13(9-18(17)34-19(24)25)27-20-28-21-31(7-2-8-32(21)30-20)14-4-5-15(22)16(23)10-14/h3-6,9-11,19H,2,7-8H2,1H3,(H,27,30). The molecular weight excluding hydrogens is 456 g/mol. The molecule has 0 atom stereocenters. The molecule has 1 N–H and O–H groups in total. The van der Waals surface area contributed by atoms with Gasteiger partial charge in [-0.05, 0) is 37.6 Å². The number of aryl methyl sites for hydroxylation is 2. The minimum Gasteiger partial charge on any atom is -0.432 e. The van der Waals surface area contributed by atoms with E-state index in [0.717, 1.165) is 12.1 Å². The van der Waals surface area contributed by atoms with Gasteiger partial charge >= 0.3 is 6.61 Å². The van der Waals surface area contributed by atoms with Gasteiger partial charge in [-0.25, -0.2) is 23.1 Å². The average Bonchev–Trinajstić information content (AvgIpc) is 3.41. The first-order valence-corrected chi connectivity index (χ1v) is 10.3. The first-order valence-electron chi connectivity index (χ1n) is 10.3. The third-order valence-electron chi connectivity index (χ3n) is 5.15. The number of benzene rings is 2. The minimum absolute atomic E-state index is 0.114. The quantitative estimate of drug-likeness (QED) is 0.416. The van der Waals surface area contributed by atoms with Crippen molar-refractivity contribution in [3.63, 3.8) is 0 Å². The molecule has 1 aliphatic rings. The fourth-order valence-electron chi connectivity index (χ4n) is 3.68. The zero-order valence-corrected chi connectivity index (χ0v) is 17.8. The Morgan fingerprint density at radius 1 is 1.03 bits per heavy atom. The lowest BCUT2D eigenvalue weighted by atomic mass is 10.2. The molecule has 34 heavy (non-hydrogen) atoms. The van der Waals surface area contributed by atoms with Gasteiger partial charge in [0.1, 0.15) is 17.8 Å². The average molecular weight is 474 g/mol. The predicted molar refractivity (Wildman–Crippen MR) is 114 cm³/mol. The highest BCUT2D eigenvalue weighted by atomic mass is 19.3. The maximum Gasteiger partial charge on any atom is 0.387 e. The molecule has 176 valence electrons. The second-order valence-corrected chi connectivity index (χ2v) is 7.48. The highest BCUT2D eigenvalue weighted by Crippen LogP contribution is 2.32. The molecule has 2 aromatic carbocycles. The molecule has 5 rings (SSSR count). The van der Waals surface area contributed by atoms with Crippen LogP contribution in [-0.4, -0.2) is 42.7 Å². The third-order valence-corrected chi connectivity index (χ3v) is 5.15.